The van der Waals surface area contributed by atoms with Crippen LogP contribution in [-0.4, -0.2) is 62.7 Å². The maximum absolute atomic E-state index is 13.7. The van der Waals surface area contributed by atoms with Gasteiger partial charge in [-0.3, -0.25) is 19.4 Å². The number of fused-ring (bicyclic) bond motifs is 2. The molecule has 180 valence electrons. The maximum Gasteiger partial charge on any atom is 0.256 e. The second kappa shape index (κ2) is 9.30. The summed E-state index contributed by atoms with van der Waals surface area (Å²) in [4.78, 5) is 46.2. The third-order valence-corrected chi connectivity index (χ3v) is 7.28. The van der Waals surface area contributed by atoms with Gasteiger partial charge in [-0.1, -0.05) is 28.6 Å². The Morgan fingerprint density at radius 1 is 1.23 bits per heavy atom. The van der Waals surface area contributed by atoms with Gasteiger partial charge in [-0.05, 0) is 42.8 Å². The molecule has 3 aromatic rings. The highest BCUT2D eigenvalue weighted by Crippen LogP contribution is 2.31. The number of carbonyl (C=O) groups is 3. The zero-order valence-electron chi connectivity index (χ0n) is 19.5. The van der Waals surface area contributed by atoms with Gasteiger partial charge in [-0.2, -0.15) is 0 Å². The number of pyridine rings is 1. The molecule has 2 aromatic heterocycles. The third-order valence-electron chi connectivity index (χ3n) is 6.79. The van der Waals surface area contributed by atoms with Crippen LogP contribution in [0.3, 0.4) is 0 Å². The molecule has 4 heterocycles. The number of rotatable bonds is 5. The van der Waals surface area contributed by atoms with Gasteiger partial charge >= 0.3 is 0 Å². The van der Waals surface area contributed by atoms with Crippen LogP contribution in [0.15, 0.2) is 53.7 Å². The molecule has 2 aliphatic heterocycles. The Morgan fingerprint density at radius 2 is 2.03 bits per heavy atom. The summed E-state index contributed by atoms with van der Waals surface area (Å²) in [7, 11) is 0. The number of nitrogens with one attached hydrogen (secondary N) is 1. The van der Waals surface area contributed by atoms with E-state index in [-0.39, 0.29) is 30.3 Å². The SMILES string of the molecule is C=CC(=O)N1CC(NC(=O)Cn2c(C)c(C(=O)N3CCc4ncccc4C3)c3cc(Br)ccc32)C1. The zero-order valence-corrected chi connectivity index (χ0v) is 21.0. The quantitative estimate of drug-likeness (QED) is 0.509. The Balaban J connectivity index is 1.39. The van der Waals surface area contributed by atoms with Crippen molar-refractivity contribution < 1.29 is 14.4 Å². The van der Waals surface area contributed by atoms with Crippen LogP contribution in [0.2, 0.25) is 0 Å². The number of hydrogen-bond acceptors (Lipinski definition) is 4. The van der Waals surface area contributed by atoms with Gasteiger partial charge in [-0.15, -0.1) is 0 Å². The first-order chi connectivity index (χ1) is 16.9. The first-order valence-corrected chi connectivity index (χ1v) is 12.4. The lowest BCUT2D eigenvalue weighted by Gasteiger charge is -2.38. The van der Waals surface area contributed by atoms with Gasteiger partial charge in [-0.25, -0.2) is 0 Å². The zero-order chi connectivity index (χ0) is 24.7. The fourth-order valence-corrected chi connectivity index (χ4v) is 5.28. The fourth-order valence-electron chi connectivity index (χ4n) is 4.92. The highest BCUT2D eigenvalue weighted by Gasteiger charge is 2.31. The number of carbonyl (C=O) groups excluding carboxylic acids is 3. The molecule has 0 aliphatic carbocycles. The number of aromatic nitrogens is 2. The van der Waals surface area contributed by atoms with Crippen LogP contribution >= 0.6 is 15.9 Å². The smallest absolute Gasteiger partial charge is 0.256 e. The average Bonchev–Trinajstić information content (AvgIpc) is 3.10. The van der Waals surface area contributed by atoms with Crippen molar-refractivity contribution in [2.75, 3.05) is 19.6 Å². The third kappa shape index (κ3) is 4.36. The molecule has 2 aliphatic rings. The molecule has 8 nitrogen and oxygen atoms in total. The average molecular weight is 536 g/mol. The number of benzene rings is 1. The van der Waals surface area contributed by atoms with Crippen molar-refractivity contribution in [1.29, 1.82) is 0 Å². The monoisotopic (exact) mass is 535 g/mol. The van der Waals surface area contributed by atoms with E-state index in [0.717, 1.165) is 38.7 Å². The van der Waals surface area contributed by atoms with E-state index >= 15 is 0 Å². The van der Waals surface area contributed by atoms with Crippen LogP contribution in [0.4, 0.5) is 0 Å². The minimum absolute atomic E-state index is 0.0446. The molecule has 9 heteroatoms. The highest BCUT2D eigenvalue weighted by atomic mass is 79.9. The summed E-state index contributed by atoms with van der Waals surface area (Å²) in [6, 6.07) is 9.62. The van der Waals surface area contributed by atoms with Crippen LogP contribution in [0.1, 0.15) is 27.3 Å². The summed E-state index contributed by atoms with van der Waals surface area (Å²) in [5, 5.41) is 3.81. The van der Waals surface area contributed by atoms with Crippen LogP contribution < -0.4 is 5.32 Å². The van der Waals surface area contributed by atoms with Crippen molar-refractivity contribution in [3.63, 3.8) is 0 Å². The molecule has 0 atom stereocenters. The summed E-state index contributed by atoms with van der Waals surface area (Å²) in [5.41, 5.74) is 4.32. The van der Waals surface area contributed by atoms with E-state index in [1.165, 1.54) is 6.08 Å². The molecule has 5 rings (SSSR count). The van der Waals surface area contributed by atoms with E-state index < -0.39 is 0 Å². The maximum atomic E-state index is 13.7. The second-order valence-electron chi connectivity index (χ2n) is 9.01. The van der Waals surface area contributed by atoms with Gasteiger partial charge in [0.1, 0.15) is 6.54 Å². The number of hydrogen-bond donors (Lipinski definition) is 1. The van der Waals surface area contributed by atoms with E-state index in [1.807, 2.05) is 46.7 Å². The van der Waals surface area contributed by atoms with Gasteiger partial charge in [0.2, 0.25) is 11.8 Å². The highest BCUT2D eigenvalue weighted by molar-refractivity contribution is 9.10. The molecular formula is C26H26BrN5O3. The van der Waals surface area contributed by atoms with E-state index in [2.05, 4.69) is 32.8 Å². The van der Waals surface area contributed by atoms with Crippen LogP contribution in [0.25, 0.3) is 10.9 Å². The molecule has 0 spiro atoms. The number of halogens is 1. The van der Waals surface area contributed by atoms with Crippen LogP contribution in [0, 0.1) is 6.92 Å². The molecule has 0 bridgehead atoms. The van der Waals surface area contributed by atoms with E-state index in [4.69, 9.17) is 0 Å². The van der Waals surface area contributed by atoms with Gasteiger partial charge < -0.3 is 19.7 Å². The Kier molecular flexibility index (Phi) is 6.19. The standard InChI is InChI=1S/C26H26BrN5O3/c1-3-24(34)31-13-19(14-31)29-23(33)15-32-16(2)25(20-11-18(27)6-7-22(20)32)26(35)30-10-8-21-17(12-30)5-4-9-28-21/h3-7,9,11,19H,1,8,10,12-15H2,2H3,(H,29,33). The van der Waals surface area contributed by atoms with Crippen molar-refractivity contribution in [1.82, 2.24) is 24.7 Å². The Morgan fingerprint density at radius 3 is 2.80 bits per heavy atom. The lowest BCUT2D eigenvalue weighted by Crippen LogP contribution is -2.61. The van der Waals surface area contributed by atoms with Gasteiger partial charge in [0.05, 0.1) is 11.6 Å². The number of amides is 3. The topological polar surface area (TPSA) is 87.5 Å². The molecule has 1 N–H and O–H groups in total. The second-order valence-corrected chi connectivity index (χ2v) is 9.92. The molecule has 3 amide bonds. The van der Waals surface area contributed by atoms with Gasteiger partial charge in [0, 0.05) is 65.6 Å². The Bertz CT molecular complexity index is 1360. The molecule has 1 saturated heterocycles. The van der Waals surface area contributed by atoms with E-state index in [1.54, 1.807) is 11.1 Å². The van der Waals surface area contributed by atoms with Crippen LogP contribution in [0.5, 0.6) is 0 Å². The predicted molar refractivity (Wildman–Crippen MR) is 136 cm³/mol. The first-order valence-electron chi connectivity index (χ1n) is 11.6. The normalized spacial score (nSPS) is 15.5. The van der Waals surface area contributed by atoms with Gasteiger partial charge in [0.25, 0.3) is 5.91 Å². The van der Waals surface area contributed by atoms with Crippen molar-refractivity contribution in [3.05, 3.63) is 76.2 Å². The molecule has 0 saturated carbocycles. The molecule has 1 aromatic carbocycles. The molecular weight excluding hydrogens is 510 g/mol. The Labute approximate surface area is 211 Å². The summed E-state index contributed by atoms with van der Waals surface area (Å²) in [5.74, 6) is -0.329. The predicted octanol–water partition coefficient (Wildman–Crippen LogP) is 2.82. The minimum atomic E-state index is -0.152. The van der Waals surface area contributed by atoms with Crippen LogP contribution in [-0.2, 0) is 29.1 Å². The summed E-state index contributed by atoms with van der Waals surface area (Å²) in [6.45, 7) is 7.55. The largest absolute Gasteiger partial charge is 0.348 e. The van der Waals surface area contributed by atoms with E-state index in [9.17, 15) is 14.4 Å². The minimum Gasteiger partial charge on any atom is -0.348 e. The molecule has 1 fully saturated rings. The van der Waals surface area contributed by atoms with Gasteiger partial charge in [0.15, 0.2) is 0 Å². The number of nitrogens with zero attached hydrogens (tertiary/aromatic N) is 4. The molecule has 0 radical (unpaired) electrons. The van der Waals surface area contributed by atoms with Crippen molar-refractivity contribution >= 4 is 44.6 Å². The Hall–Kier alpha value is -3.46. The summed E-state index contributed by atoms with van der Waals surface area (Å²) >= 11 is 3.53. The molecule has 35 heavy (non-hydrogen) atoms. The van der Waals surface area contributed by atoms with Crippen molar-refractivity contribution in [2.24, 2.45) is 0 Å². The fraction of sp³-hybridized carbons (Fsp3) is 0.308. The summed E-state index contributed by atoms with van der Waals surface area (Å²) < 4.78 is 2.77. The lowest BCUT2D eigenvalue weighted by molar-refractivity contribution is -0.133. The first kappa shape index (κ1) is 23.3. The summed E-state index contributed by atoms with van der Waals surface area (Å²) in [6.07, 6.45) is 3.79. The number of likely N-dealkylation sites (tertiary alicyclic amines) is 1. The van der Waals surface area contributed by atoms with E-state index in [0.29, 0.717) is 31.7 Å². The van der Waals surface area contributed by atoms with Crippen molar-refractivity contribution in [2.45, 2.75) is 32.5 Å². The lowest BCUT2D eigenvalue weighted by atomic mass is 10.0. The molecule has 0 unspecified atom stereocenters. The van der Waals surface area contributed by atoms with Crippen molar-refractivity contribution in [3.8, 4) is 0 Å².